The van der Waals surface area contributed by atoms with Crippen LogP contribution in [0, 0.1) is 0 Å². The second-order valence-corrected chi connectivity index (χ2v) is 5.20. The van der Waals surface area contributed by atoms with Gasteiger partial charge in [0.05, 0.1) is 11.3 Å². The predicted octanol–water partition coefficient (Wildman–Crippen LogP) is 2.54. The van der Waals surface area contributed by atoms with Crippen LogP contribution in [-0.4, -0.2) is 20.9 Å². The van der Waals surface area contributed by atoms with E-state index in [1.165, 1.54) is 0 Å². The van der Waals surface area contributed by atoms with Crippen LogP contribution in [0.3, 0.4) is 0 Å². The zero-order valence-electron chi connectivity index (χ0n) is 8.48. The fourth-order valence-electron chi connectivity index (χ4n) is 1.47. The Morgan fingerprint density at radius 2 is 2.44 bits per heavy atom. The summed E-state index contributed by atoms with van der Waals surface area (Å²) in [4.78, 5) is 11.7. The molecule has 0 aliphatic heterocycles. The smallest absolute Gasteiger partial charge is 0.307 e. The number of thiophene rings is 1. The van der Waals surface area contributed by atoms with Crippen LogP contribution in [0.1, 0.15) is 5.56 Å². The van der Waals surface area contributed by atoms with Crippen molar-refractivity contribution < 1.29 is 9.90 Å². The van der Waals surface area contributed by atoms with Gasteiger partial charge in [-0.15, -0.1) is 11.3 Å². The Morgan fingerprint density at radius 3 is 3.00 bits per heavy atom. The summed E-state index contributed by atoms with van der Waals surface area (Å²) in [5, 5.41) is 15.1. The molecule has 84 valence electrons. The monoisotopic (exact) mass is 300 g/mol. The molecule has 2 heterocycles. The normalized spacial score (nSPS) is 10.6. The van der Waals surface area contributed by atoms with Crippen molar-refractivity contribution in [1.82, 2.24) is 9.78 Å². The zero-order chi connectivity index (χ0) is 11.7. The Kier molecular flexibility index (Phi) is 3.11. The molecular formula is C10H9BrN2O2S. The van der Waals surface area contributed by atoms with Crippen molar-refractivity contribution >= 4 is 33.2 Å². The fourth-order valence-corrected chi connectivity index (χ4v) is 2.92. The molecule has 0 bridgehead atoms. The number of carbonyl (C=O) groups is 1. The number of aryl methyl sites for hydroxylation is 1. The summed E-state index contributed by atoms with van der Waals surface area (Å²) in [5.41, 5.74) is 1.49. The first-order chi connectivity index (χ1) is 7.56. The Bertz CT molecular complexity index is 533. The largest absolute Gasteiger partial charge is 0.481 e. The molecule has 6 heteroatoms. The molecule has 0 amide bonds. The van der Waals surface area contributed by atoms with Crippen LogP contribution in [-0.2, 0) is 18.3 Å². The van der Waals surface area contributed by atoms with Gasteiger partial charge in [-0.1, -0.05) is 0 Å². The number of hydrogen-bond acceptors (Lipinski definition) is 3. The highest BCUT2D eigenvalue weighted by Gasteiger charge is 2.14. The van der Waals surface area contributed by atoms with Gasteiger partial charge in [-0.05, 0) is 22.0 Å². The predicted molar refractivity (Wildman–Crippen MR) is 65.6 cm³/mol. The van der Waals surface area contributed by atoms with Crippen molar-refractivity contribution in [3.8, 4) is 10.6 Å². The summed E-state index contributed by atoms with van der Waals surface area (Å²) in [7, 11) is 1.79. The average molecular weight is 301 g/mol. The van der Waals surface area contributed by atoms with E-state index in [-0.39, 0.29) is 6.42 Å². The van der Waals surface area contributed by atoms with Gasteiger partial charge in [0.25, 0.3) is 0 Å². The minimum atomic E-state index is -0.843. The molecule has 16 heavy (non-hydrogen) atoms. The molecular weight excluding hydrogens is 292 g/mol. The fraction of sp³-hybridized carbons (Fsp3) is 0.200. The molecule has 4 nitrogen and oxygen atoms in total. The van der Waals surface area contributed by atoms with Crippen LogP contribution in [0.2, 0.25) is 0 Å². The van der Waals surface area contributed by atoms with Gasteiger partial charge in [0.2, 0.25) is 0 Å². The molecule has 0 saturated carbocycles. The topological polar surface area (TPSA) is 55.1 Å². The van der Waals surface area contributed by atoms with E-state index in [0.29, 0.717) is 0 Å². The molecule has 1 N–H and O–H groups in total. The quantitative estimate of drug-likeness (QED) is 0.948. The molecule has 0 fully saturated rings. The van der Waals surface area contributed by atoms with Crippen LogP contribution < -0.4 is 0 Å². The van der Waals surface area contributed by atoms with E-state index in [2.05, 4.69) is 21.0 Å². The second kappa shape index (κ2) is 4.39. The van der Waals surface area contributed by atoms with E-state index < -0.39 is 5.97 Å². The van der Waals surface area contributed by atoms with Crippen molar-refractivity contribution in [1.29, 1.82) is 0 Å². The van der Waals surface area contributed by atoms with Crippen molar-refractivity contribution in [2.45, 2.75) is 6.42 Å². The molecule has 2 aromatic heterocycles. The molecule has 0 unspecified atom stereocenters. The molecule has 0 spiro atoms. The van der Waals surface area contributed by atoms with E-state index in [9.17, 15) is 4.79 Å². The van der Waals surface area contributed by atoms with Gasteiger partial charge in [0, 0.05) is 28.7 Å². The lowest BCUT2D eigenvalue weighted by atomic mass is 10.1. The van der Waals surface area contributed by atoms with Gasteiger partial charge in [0.1, 0.15) is 5.69 Å². The molecule has 2 aromatic rings. The number of carboxylic acids is 1. The Morgan fingerprint density at radius 1 is 1.69 bits per heavy atom. The first-order valence-electron chi connectivity index (χ1n) is 4.55. The van der Waals surface area contributed by atoms with Crippen LogP contribution in [0.15, 0.2) is 22.1 Å². The summed E-state index contributed by atoms with van der Waals surface area (Å²) in [6.07, 6.45) is 1.75. The number of aromatic nitrogens is 2. The molecule has 0 aliphatic rings. The zero-order valence-corrected chi connectivity index (χ0v) is 10.9. The minimum absolute atomic E-state index is 0.00130. The first-order valence-corrected chi connectivity index (χ1v) is 6.22. The lowest BCUT2D eigenvalue weighted by Crippen LogP contribution is -1.99. The summed E-state index contributed by atoms with van der Waals surface area (Å²) in [5.74, 6) is -0.843. The Balaban J connectivity index is 2.43. The number of hydrogen-bond donors (Lipinski definition) is 1. The van der Waals surface area contributed by atoms with E-state index >= 15 is 0 Å². The van der Waals surface area contributed by atoms with Gasteiger partial charge in [-0.2, -0.15) is 5.10 Å². The molecule has 0 aromatic carbocycles. The molecule has 0 atom stereocenters. The standard InChI is InChI=1S/C10H9BrN2O2S/c1-13-4-6(2-9(14)15)10(12-13)8-3-7(11)5-16-8/h3-5H,2H2,1H3,(H,14,15). The summed E-state index contributed by atoms with van der Waals surface area (Å²) < 4.78 is 2.63. The van der Waals surface area contributed by atoms with Crippen molar-refractivity contribution in [2.75, 3.05) is 0 Å². The van der Waals surface area contributed by atoms with Gasteiger partial charge < -0.3 is 5.11 Å². The van der Waals surface area contributed by atoms with Gasteiger partial charge >= 0.3 is 5.97 Å². The van der Waals surface area contributed by atoms with Crippen LogP contribution in [0.5, 0.6) is 0 Å². The SMILES string of the molecule is Cn1cc(CC(=O)O)c(-c2cc(Br)cs2)n1. The molecule has 0 radical (unpaired) electrons. The highest BCUT2D eigenvalue weighted by Crippen LogP contribution is 2.31. The second-order valence-electron chi connectivity index (χ2n) is 3.38. The number of carboxylic acid groups (broad SMARTS) is 1. The lowest BCUT2D eigenvalue weighted by molar-refractivity contribution is -0.136. The third kappa shape index (κ3) is 2.33. The number of aliphatic carboxylic acids is 1. The maximum Gasteiger partial charge on any atom is 0.307 e. The summed E-state index contributed by atoms with van der Waals surface area (Å²) in [6.45, 7) is 0. The lowest BCUT2D eigenvalue weighted by Gasteiger charge is -1.95. The van der Waals surface area contributed by atoms with Gasteiger partial charge in [-0.3, -0.25) is 9.48 Å². The number of nitrogens with zero attached hydrogens (tertiary/aromatic N) is 2. The highest BCUT2D eigenvalue weighted by molar-refractivity contribution is 9.10. The summed E-state index contributed by atoms with van der Waals surface area (Å²) >= 11 is 4.91. The van der Waals surface area contributed by atoms with E-state index in [4.69, 9.17) is 5.11 Å². The van der Waals surface area contributed by atoms with Crippen molar-refractivity contribution in [3.05, 3.63) is 27.7 Å². The number of halogens is 1. The van der Waals surface area contributed by atoms with E-state index in [1.807, 2.05) is 11.4 Å². The molecule has 0 aliphatic carbocycles. The maximum atomic E-state index is 10.7. The van der Waals surface area contributed by atoms with Crippen molar-refractivity contribution in [2.24, 2.45) is 7.05 Å². The maximum absolute atomic E-state index is 10.7. The molecule has 2 rings (SSSR count). The van der Waals surface area contributed by atoms with Crippen LogP contribution in [0.25, 0.3) is 10.6 Å². The van der Waals surface area contributed by atoms with Gasteiger partial charge in [-0.25, -0.2) is 0 Å². The third-order valence-electron chi connectivity index (χ3n) is 2.05. The number of rotatable bonds is 3. The van der Waals surface area contributed by atoms with Gasteiger partial charge in [0.15, 0.2) is 0 Å². The van der Waals surface area contributed by atoms with Crippen molar-refractivity contribution in [3.63, 3.8) is 0 Å². The summed E-state index contributed by atoms with van der Waals surface area (Å²) in [6, 6.07) is 1.94. The van der Waals surface area contributed by atoms with Crippen LogP contribution in [0.4, 0.5) is 0 Å². The van der Waals surface area contributed by atoms with Crippen LogP contribution >= 0.6 is 27.3 Å². The minimum Gasteiger partial charge on any atom is -0.481 e. The molecule has 0 saturated heterocycles. The average Bonchev–Trinajstić information content (AvgIpc) is 2.72. The van der Waals surface area contributed by atoms with E-state index in [1.54, 1.807) is 29.3 Å². The Hall–Kier alpha value is -1.14. The third-order valence-corrected chi connectivity index (χ3v) is 3.74. The highest BCUT2D eigenvalue weighted by atomic mass is 79.9. The Labute approximate surface area is 105 Å². The first kappa shape index (κ1) is 11.3. The van der Waals surface area contributed by atoms with E-state index in [0.717, 1.165) is 20.6 Å².